The molecule has 7 heteroatoms. The van der Waals surface area contributed by atoms with Crippen molar-refractivity contribution in [2.45, 2.75) is 25.7 Å². The van der Waals surface area contributed by atoms with Gasteiger partial charge in [-0.1, -0.05) is 22.0 Å². The summed E-state index contributed by atoms with van der Waals surface area (Å²) in [4.78, 5) is 14.5. The third kappa shape index (κ3) is 4.54. The maximum absolute atomic E-state index is 12.7. The fourth-order valence-corrected chi connectivity index (χ4v) is 3.84. The number of rotatable bonds is 5. The lowest BCUT2D eigenvalue weighted by atomic mass is 9.96. The van der Waals surface area contributed by atoms with Crippen molar-refractivity contribution in [3.63, 3.8) is 0 Å². The molecular weight excluding hydrogens is 414 g/mol. The predicted molar refractivity (Wildman–Crippen MR) is 102 cm³/mol. The van der Waals surface area contributed by atoms with E-state index in [4.69, 9.17) is 18.6 Å². The van der Waals surface area contributed by atoms with Gasteiger partial charge in [0.15, 0.2) is 12.1 Å². The second-order valence-corrected chi connectivity index (χ2v) is 7.67. The van der Waals surface area contributed by atoms with Crippen LogP contribution >= 0.6 is 15.9 Å². The van der Waals surface area contributed by atoms with Crippen LogP contribution in [0.4, 0.5) is 0 Å². The van der Waals surface area contributed by atoms with Crippen molar-refractivity contribution < 1.29 is 23.4 Å². The Bertz CT molecular complexity index is 778. The number of carbonyl (C=O) groups is 1. The Morgan fingerprint density at radius 3 is 2.67 bits per heavy atom. The molecule has 0 bridgehead atoms. The van der Waals surface area contributed by atoms with E-state index in [1.165, 1.54) is 0 Å². The van der Waals surface area contributed by atoms with E-state index < -0.39 is 0 Å². The Kier molecular flexibility index (Phi) is 5.80. The van der Waals surface area contributed by atoms with Gasteiger partial charge in [-0.05, 0) is 43.2 Å². The number of carbonyl (C=O) groups excluding carboxylic acids is 1. The summed E-state index contributed by atoms with van der Waals surface area (Å²) in [6.07, 6.45) is 1.67. The first-order valence-electron chi connectivity index (χ1n) is 9.18. The molecule has 1 aromatic heterocycles. The number of benzene rings is 1. The van der Waals surface area contributed by atoms with Crippen LogP contribution in [0.5, 0.6) is 5.75 Å². The highest BCUT2D eigenvalue weighted by atomic mass is 79.9. The highest BCUT2D eigenvalue weighted by Crippen LogP contribution is 2.27. The Morgan fingerprint density at radius 2 is 1.93 bits per heavy atom. The highest BCUT2D eigenvalue weighted by molar-refractivity contribution is 9.10. The summed E-state index contributed by atoms with van der Waals surface area (Å²) in [6, 6.07) is 11.1. The van der Waals surface area contributed by atoms with E-state index >= 15 is 0 Å². The molecule has 1 amide bonds. The van der Waals surface area contributed by atoms with Gasteiger partial charge in [0.25, 0.3) is 5.91 Å². The van der Waals surface area contributed by atoms with Crippen LogP contribution in [0, 0.1) is 5.92 Å². The SMILES string of the molecule is O=C(c1ccc(COc2cccc(Br)c2)o1)N1CCC(C2OCCO2)CC1. The molecule has 0 unspecified atom stereocenters. The Hall–Kier alpha value is -1.83. The molecule has 2 aliphatic rings. The molecule has 0 atom stereocenters. The monoisotopic (exact) mass is 435 g/mol. The minimum absolute atomic E-state index is 0.0737. The molecule has 2 saturated heterocycles. The molecule has 0 N–H and O–H groups in total. The van der Waals surface area contributed by atoms with E-state index in [2.05, 4.69) is 15.9 Å². The van der Waals surface area contributed by atoms with E-state index in [9.17, 15) is 4.79 Å². The molecule has 1 aromatic carbocycles. The molecule has 0 spiro atoms. The maximum Gasteiger partial charge on any atom is 0.289 e. The summed E-state index contributed by atoms with van der Waals surface area (Å²) in [6.45, 7) is 3.00. The lowest BCUT2D eigenvalue weighted by molar-refractivity contribution is -0.0956. The third-order valence-electron chi connectivity index (χ3n) is 4.91. The zero-order chi connectivity index (χ0) is 18.6. The number of likely N-dealkylation sites (tertiary alicyclic amines) is 1. The van der Waals surface area contributed by atoms with Gasteiger partial charge >= 0.3 is 0 Å². The maximum atomic E-state index is 12.7. The molecule has 2 fully saturated rings. The van der Waals surface area contributed by atoms with E-state index in [0.29, 0.717) is 43.7 Å². The van der Waals surface area contributed by atoms with Gasteiger partial charge in [0.2, 0.25) is 0 Å². The van der Waals surface area contributed by atoms with Crippen LogP contribution in [-0.4, -0.2) is 43.4 Å². The summed E-state index contributed by atoms with van der Waals surface area (Å²) in [5.41, 5.74) is 0. The van der Waals surface area contributed by atoms with E-state index in [1.54, 1.807) is 12.1 Å². The summed E-state index contributed by atoms with van der Waals surface area (Å²) >= 11 is 3.41. The molecule has 2 aliphatic heterocycles. The molecule has 4 rings (SSSR count). The summed E-state index contributed by atoms with van der Waals surface area (Å²) in [5.74, 6) is 2.01. The summed E-state index contributed by atoms with van der Waals surface area (Å²) < 4.78 is 23.5. The largest absolute Gasteiger partial charge is 0.486 e. The zero-order valence-corrected chi connectivity index (χ0v) is 16.5. The summed E-state index contributed by atoms with van der Waals surface area (Å²) in [7, 11) is 0. The van der Waals surface area contributed by atoms with Crippen LogP contribution in [0.2, 0.25) is 0 Å². The highest BCUT2D eigenvalue weighted by Gasteiger charge is 2.32. The van der Waals surface area contributed by atoms with Crippen molar-refractivity contribution in [2.75, 3.05) is 26.3 Å². The number of piperidine rings is 1. The summed E-state index contributed by atoms with van der Waals surface area (Å²) in [5, 5.41) is 0. The van der Waals surface area contributed by atoms with Crippen molar-refractivity contribution in [3.05, 3.63) is 52.4 Å². The second-order valence-electron chi connectivity index (χ2n) is 6.75. The van der Waals surface area contributed by atoms with E-state index in [1.807, 2.05) is 29.2 Å². The Balaban J connectivity index is 1.29. The van der Waals surface area contributed by atoms with Crippen LogP contribution in [0.15, 0.2) is 45.3 Å². The van der Waals surface area contributed by atoms with Gasteiger partial charge in [-0.25, -0.2) is 0 Å². The van der Waals surface area contributed by atoms with E-state index in [0.717, 1.165) is 23.1 Å². The number of hydrogen-bond donors (Lipinski definition) is 0. The first-order valence-corrected chi connectivity index (χ1v) is 9.98. The van der Waals surface area contributed by atoms with Crippen molar-refractivity contribution >= 4 is 21.8 Å². The smallest absolute Gasteiger partial charge is 0.289 e. The van der Waals surface area contributed by atoms with Crippen LogP contribution in [-0.2, 0) is 16.1 Å². The number of amides is 1. The van der Waals surface area contributed by atoms with Crippen LogP contribution in [0.1, 0.15) is 29.2 Å². The first-order chi connectivity index (χ1) is 13.2. The van der Waals surface area contributed by atoms with Crippen molar-refractivity contribution in [2.24, 2.45) is 5.92 Å². The van der Waals surface area contributed by atoms with Crippen LogP contribution in [0.25, 0.3) is 0 Å². The fourth-order valence-electron chi connectivity index (χ4n) is 3.46. The minimum atomic E-state index is -0.104. The van der Waals surface area contributed by atoms with Crippen molar-refractivity contribution in [1.82, 2.24) is 4.90 Å². The van der Waals surface area contributed by atoms with Gasteiger partial charge in [-0.2, -0.15) is 0 Å². The lowest BCUT2D eigenvalue weighted by Gasteiger charge is -2.33. The number of ether oxygens (including phenoxy) is 3. The standard InChI is InChI=1S/C20H22BrNO5/c21-15-2-1-3-16(12-15)26-13-17-4-5-18(27-17)19(23)22-8-6-14(7-9-22)20-24-10-11-25-20/h1-5,12,14,20H,6-11,13H2. The second kappa shape index (κ2) is 8.46. The Labute approximate surface area is 166 Å². The molecule has 144 valence electrons. The molecule has 2 aromatic rings. The number of nitrogens with zero attached hydrogens (tertiary/aromatic N) is 1. The topological polar surface area (TPSA) is 61.1 Å². The van der Waals surface area contributed by atoms with Gasteiger partial charge in [0.1, 0.15) is 18.1 Å². The number of hydrogen-bond acceptors (Lipinski definition) is 5. The normalized spacial score (nSPS) is 18.8. The number of furan rings is 1. The molecule has 0 aliphatic carbocycles. The molecule has 0 radical (unpaired) electrons. The Morgan fingerprint density at radius 1 is 1.15 bits per heavy atom. The molecule has 27 heavy (non-hydrogen) atoms. The van der Waals surface area contributed by atoms with E-state index in [-0.39, 0.29) is 18.8 Å². The number of halogens is 1. The minimum Gasteiger partial charge on any atom is -0.486 e. The quantitative estimate of drug-likeness (QED) is 0.713. The van der Waals surface area contributed by atoms with Crippen molar-refractivity contribution in [1.29, 1.82) is 0 Å². The zero-order valence-electron chi connectivity index (χ0n) is 14.9. The van der Waals surface area contributed by atoms with Gasteiger partial charge in [-0.15, -0.1) is 0 Å². The van der Waals surface area contributed by atoms with Crippen molar-refractivity contribution in [3.8, 4) is 5.75 Å². The third-order valence-corrected chi connectivity index (χ3v) is 5.40. The average Bonchev–Trinajstić information content (AvgIpc) is 3.38. The molecule has 0 saturated carbocycles. The average molecular weight is 436 g/mol. The van der Waals surface area contributed by atoms with Crippen LogP contribution < -0.4 is 4.74 Å². The van der Waals surface area contributed by atoms with Gasteiger partial charge < -0.3 is 23.5 Å². The predicted octanol–water partition coefficient (Wildman–Crippen LogP) is 3.85. The fraction of sp³-hybridized carbons (Fsp3) is 0.450. The van der Waals surface area contributed by atoms with Gasteiger partial charge in [0, 0.05) is 23.5 Å². The van der Waals surface area contributed by atoms with Crippen LogP contribution in [0.3, 0.4) is 0 Å². The van der Waals surface area contributed by atoms with Gasteiger partial charge in [0.05, 0.1) is 13.2 Å². The molecular formula is C20H22BrNO5. The van der Waals surface area contributed by atoms with Gasteiger partial charge in [-0.3, -0.25) is 4.79 Å². The first kappa shape index (κ1) is 18.5. The molecule has 6 nitrogen and oxygen atoms in total. The molecule has 3 heterocycles. The lowest BCUT2D eigenvalue weighted by Crippen LogP contribution is -2.41.